The van der Waals surface area contributed by atoms with Crippen molar-refractivity contribution in [3.8, 4) is 22.8 Å². The summed E-state index contributed by atoms with van der Waals surface area (Å²) in [6.45, 7) is 1.78. The van der Waals surface area contributed by atoms with Crippen LogP contribution in [0.2, 0.25) is 0 Å². The Kier molecular flexibility index (Phi) is 7.71. The van der Waals surface area contributed by atoms with Crippen molar-refractivity contribution in [2.24, 2.45) is 5.92 Å². The molecule has 9 nitrogen and oxygen atoms in total. The summed E-state index contributed by atoms with van der Waals surface area (Å²) in [4.78, 5) is 25.0. The Morgan fingerprint density at radius 2 is 1.92 bits per heavy atom. The molecule has 1 fully saturated rings. The van der Waals surface area contributed by atoms with E-state index in [0.29, 0.717) is 58.3 Å². The number of fused-ring (bicyclic) bond motifs is 1. The van der Waals surface area contributed by atoms with Crippen LogP contribution in [0.3, 0.4) is 0 Å². The smallest absolute Gasteiger partial charge is 0.258 e. The summed E-state index contributed by atoms with van der Waals surface area (Å²) < 4.78 is 38.3. The van der Waals surface area contributed by atoms with Crippen molar-refractivity contribution in [1.82, 2.24) is 20.3 Å². The summed E-state index contributed by atoms with van der Waals surface area (Å²) in [7, 11) is 3.01. The largest absolute Gasteiger partial charge is 0.493 e. The number of piperidine rings is 1. The van der Waals surface area contributed by atoms with E-state index in [4.69, 9.17) is 14.5 Å². The van der Waals surface area contributed by atoms with Gasteiger partial charge in [0, 0.05) is 43.3 Å². The van der Waals surface area contributed by atoms with Crippen LogP contribution in [0.4, 0.5) is 14.5 Å². The van der Waals surface area contributed by atoms with E-state index in [1.807, 2.05) is 0 Å². The van der Waals surface area contributed by atoms with Crippen LogP contribution in [0.15, 0.2) is 47.4 Å². The normalized spacial score (nSPS) is 17.3. The summed E-state index contributed by atoms with van der Waals surface area (Å²) in [5.74, 6) is -0.163. The van der Waals surface area contributed by atoms with Crippen molar-refractivity contribution in [2.75, 3.05) is 39.2 Å². The molecule has 0 spiro atoms. The number of hydrogen-bond acceptors (Lipinski definition) is 8. The fourth-order valence-corrected chi connectivity index (χ4v) is 4.85. The molecule has 39 heavy (non-hydrogen) atoms. The third kappa shape index (κ3) is 5.69. The summed E-state index contributed by atoms with van der Waals surface area (Å²) in [5, 5.41) is 17.2. The monoisotopic (exact) mass is 537 g/mol. The number of hydrogen-bond donors (Lipinski definition) is 4. The molecule has 1 saturated heterocycles. The van der Waals surface area contributed by atoms with Gasteiger partial charge in [-0.2, -0.15) is 0 Å². The zero-order valence-corrected chi connectivity index (χ0v) is 21.6. The van der Waals surface area contributed by atoms with Gasteiger partial charge < -0.3 is 30.2 Å². The zero-order chi connectivity index (χ0) is 27.5. The molecule has 0 bridgehead atoms. The maximum absolute atomic E-state index is 13.6. The molecule has 204 valence electrons. The van der Waals surface area contributed by atoms with Crippen LogP contribution in [0.5, 0.6) is 11.5 Å². The van der Waals surface area contributed by atoms with E-state index in [0.717, 1.165) is 24.6 Å². The predicted molar refractivity (Wildman–Crippen MR) is 143 cm³/mol. The van der Waals surface area contributed by atoms with Crippen molar-refractivity contribution in [3.63, 3.8) is 0 Å². The van der Waals surface area contributed by atoms with E-state index in [2.05, 4.69) is 20.6 Å². The van der Waals surface area contributed by atoms with Gasteiger partial charge in [0.2, 0.25) is 0 Å². The first kappa shape index (κ1) is 26.5. The topological polar surface area (TPSA) is 121 Å². The lowest BCUT2D eigenvalue weighted by atomic mass is 9.95. The number of methoxy groups -OCH3 is 2. The van der Waals surface area contributed by atoms with Gasteiger partial charge in [-0.1, -0.05) is 6.07 Å². The van der Waals surface area contributed by atoms with Crippen LogP contribution in [0.25, 0.3) is 22.2 Å². The molecule has 0 saturated carbocycles. The summed E-state index contributed by atoms with van der Waals surface area (Å²) in [5.41, 5.74) is 2.06. The number of rotatable bonds is 8. The number of H-pyrrole nitrogens is 1. The molecule has 2 atom stereocenters. The molecule has 0 unspecified atom stereocenters. The van der Waals surface area contributed by atoms with Gasteiger partial charge >= 0.3 is 0 Å². The average Bonchev–Trinajstić information content (AvgIpc) is 2.92. The molecule has 2 aromatic carbocycles. The Morgan fingerprint density at radius 3 is 2.59 bits per heavy atom. The molecule has 4 aromatic rings. The molecule has 5 rings (SSSR count). The van der Waals surface area contributed by atoms with Gasteiger partial charge in [-0.05, 0) is 42.8 Å². The fourth-order valence-electron chi connectivity index (χ4n) is 4.85. The number of ether oxygens (including phenoxy) is 2. The van der Waals surface area contributed by atoms with E-state index < -0.39 is 17.7 Å². The van der Waals surface area contributed by atoms with Gasteiger partial charge in [-0.15, -0.1) is 0 Å². The van der Waals surface area contributed by atoms with E-state index >= 15 is 0 Å². The number of benzene rings is 2. The van der Waals surface area contributed by atoms with Gasteiger partial charge in [0.25, 0.3) is 5.56 Å². The van der Waals surface area contributed by atoms with Crippen molar-refractivity contribution in [1.29, 1.82) is 0 Å². The lowest BCUT2D eigenvalue weighted by Crippen LogP contribution is -2.43. The van der Waals surface area contributed by atoms with Crippen molar-refractivity contribution in [2.45, 2.75) is 18.9 Å². The van der Waals surface area contributed by atoms with Crippen molar-refractivity contribution < 1.29 is 23.4 Å². The molecular formula is C28H29F2N5O4. The molecule has 1 aliphatic rings. The van der Waals surface area contributed by atoms with Crippen LogP contribution < -0.4 is 25.7 Å². The molecule has 3 heterocycles. The average molecular weight is 538 g/mol. The molecule has 0 aliphatic carbocycles. The molecule has 11 heteroatoms. The summed E-state index contributed by atoms with van der Waals surface area (Å²) in [6.07, 6.45) is 2.13. The number of β-amino-alcohol motifs (C(OH)–C–C–N with tert-alkyl or cyclic N) is 1. The number of aliphatic hydroxyl groups is 1. The van der Waals surface area contributed by atoms with E-state index in [1.165, 1.54) is 26.4 Å². The second-order valence-electron chi connectivity index (χ2n) is 9.48. The Morgan fingerprint density at radius 1 is 1.13 bits per heavy atom. The summed E-state index contributed by atoms with van der Waals surface area (Å²) >= 11 is 0. The van der Waals surface area contributed by atoms with Gasteiger partial charge in [0.05, 0.1) is 31.4 Å². The molecule has 0 radical (unpaired) electrons. The minimum Gasteiger partial charge on any atom is -0.493 e. The van der Waals surface area contributed by atoms with E-state index in [1.54, 1.807) is 24.4 Å². The fraction of sp³-hybridized carbons (Fsp3) is 0.321. The van der Waals surface area contributed by atoms with Crippen LogP contribution in [0, 0.1) is 17.6 Å². The first-order valence-corrected chi connectivity index (χ1v) is 12.6. The quantitative estimate of drug-likeness (QED) is 0.270. The maximum Gasteiger partial charge on any atom is 0.258 e. The standard InChI is InChI=1S/C28H29F2N5O4/c1-38-23-11-20-25(26(27(23)39-2)33-13-16-5-6-31-14-22(16)36)34-24(35-28(20)37)7-15-3-4-21(32-12-15)17-8-18(29)10-19(30)9-17/h3-4,8-12,16,22,31,33,36H,5-7,13-14H2,1-2H3,(H,34,35,37)/t16-,22+/m0/s1. The SMILES string of the molecule is COc1cc2c(=O)[nH]c(Cc3ccc(-c4cc(F)cc(F)c4)nc3)nc2c(NC[C@@H]2CCNC[C@H]2O)c1OC. The Bertz CT molecular complexity index is 1520. The highest BCUT2D eigenvalue weighted by Gasteiger charge is 2.25. The Balaban J connectivity index is 1.48. The molecule has 0 amide bonds. The first-order valence-electron chi connectivity index (χ1n) is 12.6. The number of nitrogens with zero attached hydrogens (tertiary/aromatic N) is 2. The van der Waals surface area contributed by atoms with Crippen LogP contribution in [-0.2, 0) is 6.42 Å². The number of aliphatic hydroxyl groups excluding tert-OH is 1. The van der Waals surface area contributed by atoms with Gasteiger partial charge in [0.15, 0.2) is 11.5 Å². The number of nitrogens with one attached hydrogen (secondary N) is 3. The third-order valence-corrected chi connectivity index (χ3v) is 6.88. The molecular weight excluding hydrogens is 508 g/mol. The zero-order valence-electron chi connectivity index (χ0n) is 21.6. The van der Waals surface area contributed by atoms with Gasteiger partial charge in [0.1, 0.15) is 28.7 Å². The second kappa shape index (κ2) is 11.3. The van der Waals surface area contributed by atoms with Crippen LogP contribution in [-0.4, -0.2) is 60.0 Å². The van der Waals surface area contributed by atoms with Crippen molar-refractivity contribution in [3.05, 3.63) is 76.0 Å². The first-order chi connectivity index (χ1) is 18.9. The van der Waals surface area contributed by atoms with E-state index in [-0.39, 0.29) is 17.9 Å². The highest BCUT2D eigenvalue weighted by molar-refractivity contribution is 5.95. The molecule has 4 N–H and O–H groups in total. The molecule has 1 aliphatic heterocycles. The second-order valence-corrected chi connectivity index (χ2v) is 9.48. The van der Waals surface area contributed by atoms with Gasteiger partial charge in [-0.25, -0.2) is 13.8 Å². The minimum absolute atomic E-state index is 0.00910. The number of aromatic amines is 1. The summed E-state index contributed by atoms with van der Waals surface area (Å²) in [6, 6.07) is 8.25. The third-order valence-electron chi connectivity index (χ3n) is 6.88. The number of aromatic nitrogens is 3. The minimum atomic E-state index is -0.681. The highest BCUT2D eigenvalue weighted by atomic mass is 19.1. The Hall–Kier alpha value is -4.09. The van der Waals surface area contributed by atoms with E-state index in [9.17, 15) is 18.7 Å². The number of pyridine rings is 1. The lowest BCUT2D eigenvalue weighted by molar-refractivity contribution is 0.0883. The van der Waals surface area contributed by atoms with Gasteiger partial charge in [-0.3, -0.25) is 9.78 Å². The lowest BCUT2D eigenvalue weighted by Gasteiger charge is -2.29. The van der Waals surface area contributed by atoms with Crippen LogP contribution >= 0.6 is 0 Å². The Labute approximate surface area is 223 Å². The molecule has 2 aromatic heterocycles. The highest BCUT2D eigenvalue weighted by Crippen LogP contribution is 2.40. The maximum atomic E-state index is 13.6. The number of halogens is 2. The van der Waals surface area contributed by atoms with Crippen molar-refractivity contribution >= 4 is 16.6 Å². The van der Waals surface area contributed by atoms with Crippen LogP contribution in [0.1, 0.15) is 17.8 Å². The number of anilines is 1. The predicted octanol–water partition coefficient (Wildman–Crippen LogP) is 3.25.